The largest absolute Gasteiger partial charge is 0.465 e. The minimum absolute atomic E-state index is 0.0166. The Kier molecular flexibility index (Phi) is 8.00. The van der Waals surface area contributed by atoms with Crippen LogP contribution in [0.25, 0.3) is 0 Å². The summed E-state index contributed by atoms with van der Waals surface area (Å²) in [5.74, 6) is 1.29. The second kappa shape index (κ2) is 10.6. The summed E-state index contributed by atoms with van der Waals surface area (Å²) in [4.78, 5) is 36.1. The molecule has 10 atom stereocenters. The van der Waals surface area contributed by atoms with Crippen LogP contribution in [0.15, 0.2) is 11.6 Å². The minimum Gasteiger partial charge on any atom is -0.465 e. The number of carbonyl (C=O) groups excluding carboxylic acids is 3. The predicted octanol–water partition coefficient (Wildman–Crippen LogP) is 7.82. The molecule has 0 amide bonds. The topological polar surface area (TPSA) is 78.9 Å². The maximum Gasteiger partial charge on any atom is 0.302 e. The summed E-state index contributed by atoms with van der Waals surface area (Å²) in [5, 5.41) is 0. The molecule has 0 spiro atoms. The molecule has 0 N–H and O–H groups in total. The summed E-state index contributed by atoms with van der Waals surface area (Å²) in [7, 11) is 0. The van der Waals surface area contributed by atoms with E-state index in [9.17, 15) is 14.4 Å². The van der Waals surface area contributed by atoms with E-state index < -0.39 is 5.41 Å². The van der Waals surface area contributed by atoms with Crippen molar-refractivity contribution in [2.75, 3.05) is 6.61 Å². The molecule has 5 aliphatic carbocycles. The van der Waals surface area contributed by atoms with Gasteiger partial charge in [0.05, 0.1) is 0 Å². The molecule has 0 bridgehead atoms. The lowest BCUT2D eigenvalue weighted by Crippen LogP contribution is -2.59. The lowest BCUT2D eigenvalue weighted by molar-refractivity contribution is -0.201. The number of allylic oxidation sites excluding steroid dienone is 2. The lowest BCUT2D eigenvalue weighted by atomic mass is 9.43. The molecule has 4 saturated carbocycles. The molecule has 0 unspecified atom stereocenters. The Morgan fingerprint density at radius 2 is 1.40 bits per heavy atom. The molecule has 0 aromatic heterocycles. The number of hydrogen-bond donors (Lipinski definition) is 0. The van der Waals surface area contributed by atoms with Gasteiger partial charge in [0, 0.05) is 31.6 Å². The molecule has 0 radical (unpaired) electrons. The van der Waals surface area contributed by atoms with Gasteiger partial charge in [-0.05, 0) is 104 Å². The molecule has 5 rings (SSSR count). The molecular formula is C36H56O6. The molecule has 0 aliphatic heterocycles. The van der Waals surface area contributed by atoms with Crippen molar-refractivity contribution in [3.8, 4) is 0 Å². The van der Waals surface area contributed by atoms with Crippen LogP contribution in [0.1, 0.15) is 127 Å². The van der Waals surface area contributed by atoms with Crippen molar-refractivity contribution in [2.24, 2.45) is 50.7 Å². The van der Waals surface area contributed by atoms with Gasteiger partial charge in [0.1, 0.15) is 18.8 Å². The fourth-order valence-electron chi connectivity index (χ4n) is 11.5. The Morgan fingerprint density at radius 3 is 2.05 bits per heavy atom. The van der Waals surface area contributed by atoms with Crippen LogP contribution in [0.3, 0.4) is 0 Å². The second-order valence-electron chi connectivity index (χ2n) is 16.7. The van der Waals surface area contributed by atoms with Crippen LogP contribution in [-0.2, 0) is 28.6 Å². The molecule has 6 nitrogen and oxygen atoms in total. The van der Waals surface area contributed by atoms with Crippen LogP contribution in [-0.4, -0.2) is 36.7 Å². The van der Waals surface area contributed by atoms with Crippen LogP contribution in [0.2, 0.25) is 0 Å². The second-order valence-corrected chi connectivity index (χ2v) is 16.7. The average Bonchev–Trinajstić information content (AvgIpc) is 3.01. The summed E-state index contributed by atoms with van der Waals surface area (Å²) >= 11 is 0. The van der Waals surface area contributed by atoms with Crippen molar-refractivity contribution in [2.45, 2.75) is 139 Å². The first-order valence-corrected chi connectivity index (χ1v) is 16.6. The first-order chi connectivity index (χ1) is 19.4. The normalized spacial score (nSPS) is 45.9. The Labute approximate surface area is 254 Å². The van der Waals surface area contributed by atoms with Gasteiger partial charge >= 0.3 is 17.9 Å². The van der Waals surface area contributed by atoms with E-state index in [1.807, 2.05) is 0 Å². The van der Waals surface area contributed by atoms with Gasteiger partial charge in [-0.1, -0.05) is 53.2 Å². The highest BCUT2D eigenvalue weighted by molar-refractivity contribution is 5.67. The fourth-order valence-corrected chi connectivity index (χ4v) is 11.5. The van der Waals surface area contributed by atoms with Gasteiger partial charge < -0.3 is 14.2 Å². The Bertz CT molecular complexity index is 1140. The van der Waals surface area contributed by atoms with Gasteiger partial charge in [0.2, 0.25) is 0 Å². The average molecular weight is 585 g/mol. The monoisotopic (exact) mass is 584 g/mol. The quantitative estimate of drug-likeness (QED) is 0.190. The van der Waals surface area contributed by atoms with Crippen LogP contribution in [0, 0.1) is 50.7 Å². The smallest absolute Gasteiger partial charge is 0.302 e. The van der Waals surface area contributed by atoms with Crippen LogP contribution in [0.4, 0.5) is 0 Å². The van der Waals surface area contributed by atoms with Crippen molar-refractivity contribution >= 4 is 17.9 Å². The number of ether oxygens (including phenoxy) is 3. The summed E-state index contributed by atoms with van der Waals surface area (Å²) in [6.45, 7) is 19.2. The summed E-state index contributed by atoms with van der Waals surface area (Å²) in [6.07, 6.45) is 13.1. The number of rotatable bonds is 4. The molecule has 6 heteroatoms. The van der Waals surface area contributed by atoms with E-state index in [4.69, 9.17) is 14.2 Å². The van der Waals surface area contributed by atoms with Crippen molar-refractivity contribution in [1.29, 1.82) is 0 Å². The fraction of sp³-hybridized carbons (Fsp3) is 0.861. The highest BCUT2D eigenvalue weighted by Crippen LogP contribution is 2.69. The van der Waals surface area contributed by atoms with Crippen LogP contribution >= 0.6 is 0 Å². The Hall–Kier alpha value is -1.85. The zero-order chi connectivity index (χ0) is 30.9. The molecule has 236 valence electrons. The van der Waals surface area contributed by atoms with Crippen molar-refractivity contribution < 1.29 is 28.6 Å². The van der Waals surface area contributed by atoms with Crippen molar-refractivity contribution in [3.63, 3.8) is 0 Å². The summed E-state index contributed by atoms with van der Waals surface area (Å²) in [6, 6.07) is 0. The highest BCUT2D eigenvalue weighted by Gasteiger charge is 2.63. The zero-order valence-corrected chi connectivity index (χ0v) is 27.8. The van der Waals surface area contributed by atoms with Gasteiger partial charge in [-0.3, -0.25) is 14.4 Å². The maximum absolute atomic E-state index is 12.2. The Balaban J connectivity index is 1.46. The SMILES string of the molecule is CC(=O)OC[C@@]1(C)[C@@H](OC(C)=O)CC[C@]2(C)C[C@@H]3CC[C@H]4C(=CC[C@H]5C(C)(C)[C@H](OC(C)=O)CC[C@]45C)C[C@]3(C)C[C@@H]21. The van der Waals surface area contributed by atoms with Gasteiger partial charge in [-0.2, -0.15) is 0 Å². The van der Waals surface area contributed by atoms with E-state index in [1.165, 1.54) is 33.1 Å². The first-order valence-electron chi connectivity index (χ1n) is 16.6. The molecule has 42 heavy (non-hydrogen) atoms. The van der Waals surface area contributed by atoms with E-state index >= 15 is 0 Å². The van der Waals surface area contributed by atoms with Gasteiger partial charge in [-0.25, -0.2) is 0 Å². The molecule has 4 fully saturated rings. The van der Waals surface area contributed by atoms with E-state index in [0.717, 1.165) is 44.9 Å². The first kappa shape index (κ1) is 31.6. The van der Waals surface area contributed by atoms with E-state index in [0.29, 0.717) is 30.3 Å². The third kappa shape index (κ3) is 5.15. The molecule has 0 aromatic carbocycles. The van der Waals surface area contributed by atoms with E-state index in [1.54, 1.807) is 12.5 Å². The van der Waals surface area contributed by atoms with Crippen LogP contribution in [0.5, 0.6) is 0 Å². The van der Waals surface area contributed by atoms with Gasteiger partial charge in [0.25, 0.3) is 0 Å². The van der Waals surface area contributed by atoms with Crippen LogP contribution < -0.4 is 0 Å². The third-order valence-electron chi connectivity index (χ3n) is 13.7. The molecule has 0 heterocycles. The maximum atomic E-state index is 12.2. The van der Waals surface area contributed by atoms with Crippen molar-refractivity contribution in [1.82, 2.24) is 0 Å². The minimum atomic E-state index is -0.416. The number of esters is 3. The van der Waals surface area contributed by atoms with E-state index in [2.05, 4.69) is 47.6 Å². The third-order valence-corrected chi connectivity index (χ3v) is 13.7. The number of carbonyl (C=O) groups is 3. The number of hydrogen-bond acceptors (Lipinski definition) is 6. The number of fused-ring (bicyclic) bond motifs is 5. The van der Waals surface area contributed by atoms with E-state index in [-0.39, 0.29) is 51.8 Å². The standard InChI is InChI=1S/C36H56O6/c1-22(37)40-21-36(9)29-20-34(7)18-25-10-13-28-32(4,5)30(41-23(2)38)15-17-35(28,8)27(25)12-11-26(34)19-33(29,6)16-14-31(36)42-24(3)39/h10,26-31H,11-21H2,1-9H3/t26-,27-,28-,29-,30+,31-,33+,34+,35+,36+/m0/s1. The Morgan fingerprint density at radius 1 is 0.762 bits per heavy atom. The van der Waals surface area contributed by atoms with Gasteiger partial charge in [0.15, 0.2) is 0 Å². The molecule has 0 aromatic rings. The summed E-state index contributed by atoms with van der Waals surface area (Å²) in [5.41, 5.74) is 1.65. The zero-order valence-electron chi connectivity index (χ0n) is 27.8. The predicted molar refractivity (Wildman–Crippen MR) is 162 cm³/mol. The highest BCUT2D eigenvalue weighted by atomic mass is 16.6. The lowest BCUT2D eigenvalue weighted by Gasteiger charge is -2.62. The van der Waals surface area contributed by atoms with Crippen molar-refractivity contribution in [3.05, 3.63) is 11.6 Å². The molecular weight excluding hydrogens is 528 g/mol. The molecule has 0 saturated heterocycles. The van der Waals surface area contributed by atoms with Gasteiger partial charge in [-0.15, -0.1) is 0 Å². The summed E-state index contributed by atoms with van der Waals surface area (Å²) < 4.78 is 17.6. The molecule has 5 aliphatic rings.